The van der Waals surface area contributed by atoms with Crippen molar-refractivity contribution >= 4 is 32.5 Å². The zero-order valence-electron chi connectivity index (χ0n) is 12.3. The normalized spacial score (nSPS) is 11.2. The molecule has 8 heteroatoms. The highest BCUT2D eigenvalue weighted by molar-refractivity contribution is 7.92. The first kappa shape index (κ1) is 15.9. The van der Waals surface area contributed by atoms with Crippen LogP contribution in [-0.2, 0) is 10.0 Å². The van der Waals surface area contributed by atoms with Crippen molar-refractivity contribution in [3.05, 3.63) is 66.4 Å². The van der Waals surface area contributed by atoms with Gasteiger partial charge in [0.25, 0.3) is 15.9 Å². The van der Waals surface area contributed by atoms with E-state index in [-0.39, 0.29) is 10.5 Å². The topological polar surface area (TPSA) is 108 Å². The molecule has 0 fully saturated rings. The fourth-order valence-electron chi connectivity index (χ4n) is 2.20. The van der Waals surface area contributed by atoms with Gasteiger partial charge >= 0.3 is 0 Å². The SMILES string of the molecule is O=C(NO)c1cnc2ccc(NS(=O)(=O)c3ccccc3)cc2c1. The Bertz CT molecular complexity index is 1000. The second kappa shape index (κ2) is 6.26. The third-order valence-electron chi connectivity index (χ3n) is 3.35. The van der Waals surface area contributed by atoms with Crippen LogP contribution in [0.5, 0.6) is 0 Å². The predicted molar refractivity (Wildman–Crippen MR) is 88.2 cm³/mol. The molecule has 24 heavy (non-hydrogen) atoms. The van der Waals surface area contributed by atoms with Crippen LogP contribution in [0.1, 0.15) is 10.4 Å². The average molecular weight is 343 g/mol. The number of rotatable bonds is 4. The Hall–Kier alpha value is -2.97. The van der Waals surface area contributed by atoms with Crippen molar-refractivity contribution in [1.29, 1.82) is 0 Å². The van der Waals surface area contributed by atoms with E-state index in [9.17, 15) is 13.2 Å². The molecule has 0 aliphatic heterocycles. The maximum Gasteiger partial charge on any atom is 0.276 e. The van der Waals surface area contributed by atoms with Crippen LogP contribution in [0.4, 0.5) is 5.69 Å². The van der Waals surface area contributed by atoms with Crippen molar-refractivity contribution in [3.8, 4) is 0 Å². The van der Waals surface area contributed by atoms with Crippen molar-refractivity contribution < 1.29 is 18.4 Å². The number of pyridine rings is 1. The van der Waals surface area contributed by atoms with Crippen LogP contribution in [0.15, 0.2) is 65.7 Å². The molecule has 0 spiro atoms. The van der Waals surface area contributed by atoms with E-state index in [1.54, 1.807) is 36.4 Å². The monoisotopic (exact) mass is 343 g/mol. The Morgan fingerprint density at radius 1 is 1.04 bits per heavy atom. The summed E-state index contributed by atoms with van der Waals surface area (Å²) >= 11 is 0. The summed E-state index contributed by atoms with van der Waals surface area (Å²) in [5.74, 6) is -0.695. The standard InChI is InChI=1S/C16H13N3O4S/c20-16(18-21)12-8-11-9-13(6-7-15(11)17-10-12)19-24(22,23)14-4-2-1-3-5-14/h1-10,19,21H,(H,18,20). The quantitative estimate of drug-likeness (QED) is 0.497. The van der Waals surface area contributed by atoms with E-state index in [1.807, 2.05) is 0 Å². The lowest BCUT2D eigenvalue weighted by molar-refractivity contribution is 0.0706. The average Bonchev–Trinajstić information content (AvgIpc) is 2.61. The summed E-state index contributed by atoms with van der Waals surface area (Å²) in [5, 5.41) is 9.23. The molecule has 3 aromatic rings. The Kier molecular flexibility index (Phi) is 4.15. The highest BCUT2D eigenvalue weighted by Crippen LogP contribution is 2.21. The van der Waals surface area contributed by atoms with E-state index in [0.29, 0.717) is 16.6 Å². The van der Waals surface area contributed by atoms with Crippen LogP contribution in [0.2, 0.25) is 0 Å². The molecule has 1 amide bonds. The molecule has 2 aromatic carbocycles. The minimum absolute atomic E-state index is 0.150. The summed E-state index contributed by atoms with van der Waals surface area (Å²) < 4.78 is 27.2. The van der Waals surface area contributed by atoms with Gasteiger partial charge < -0.3 is 0 Å². The molecule has 0 aliphatic rings. The van der Waals surface area contributed by atoms with Gasteiger partial charge in [-0.1, -0.05) is 18.2 Å². The fourth-order valence-corrected chi connectivity index (χ4v) is 3.27. The van der Waals surface area contributed by atoms with E-state index >= 15 is 0 Å². The lowest BCUT2D eigenvalue weighted by atomic mass is 10.1. The highest BCUT2D eigenvalue weighted by atomic mass is 32.2. The number of hydrogen-bond donors (Lipinski definition) is 3. The summed E-state index contributed by atoms with van der Waals surface area (Å²) in [4.78, 5) is 15.7. The van der Waals surface area contributed by atoms with Gasteiger partial charge in [-0.15, -0.1) is 0 Å². The van der Waals surface area contributed by atoms with E-state index < -0.39 is 15.9 Å². The van der Waals surface area contributed by atoms with Crippen LogP contribution >= 0.6 is 0 Å². The van der Waals surface area contributed by atoms with Crippen LogP contribution < -0.4 is 10.2 Å². The molecule has 0 saturated heterocycles. The molecule has 0 aliphatic carbocycles. The van der Waals surface area contributed by atoms with Crippen LogP contribution in [0, 0.1) is 0 Å². The second-order valence-corrected chi connectivity index (χ2v) is 6.67. The van der Waals surface area contributed by atoms with Gasteiger partial charge in [0.15, 0.2) is 0 Å². The van der Waals surface area contributed by atoms with Gasteiger partial charge in [-0.25, -0.2) is 13.9 Å². The Morgan fingerprint density at radius 3 is 2.50 bits per heavy atom. The van der Waals surface area contributed by atoms with Gasteiger partial charge in [-0.3, -0.25) is 19.7 Å². The Balaban J connectivity index is 1.97. The maximum atomic E-state index is 12.3. The highest BCUT2D eigenvalue weighted by Gasteiger charge is 2.14. The molecule has 1 heterocycles. The van der Waals surface area contributed by atoms with Crippen molar-refractivity contribution in [3.63, 3.8) is 0 Å². The minimum Gasteiger partial charge on any atom is -0.288 e. The zero-order valence-corrected chi connectivity index (χ0v) is 13.1. The van der Waals surface area contributed by atoms with E-state index in [2.05, 4.69) is 9.71 Å². The van der Waals surface area contributed by atoms with Gasteiger partial charge in [0, 0.05) is 17.3 Å². The number of carbonyl (C=O) groups excluding carboxylic acids is 1. The van der Waals surface area contributed by atoms with Gasteiger partial charge in [-0.05, 0) is 36.4 Å². The molecule has 3 rings (SSSR count). The van der Waals surface area contributed by atoms with Gasteiger partial charge in [0.05, 0.1) is 16.0 Å². The number of nitrogens with one attached hydrogen (secondary N) is 2. The van der Waals surface area contributed by atoms with Gasteiger partial charge in [-0.2, -0.15) is 0 Å². The van der Waals surface area contributed by atoms with Crippen LogP contribution in [0.25, 0.3) is 10.9 Å². The number of hydroxylamine groups is 1. The summed E-state index contributed by atoms with van der Waals surface area (Å²) in [6.45, 7) is 0. The number of sulfonamides is 1. The van der Waals surface area contributed by atoms with Crippen molar-refractivity contribution in [2.45, 2.75) is 4.90 Å². The Morgan fingerprint density at radius 2 is 1.79 bits per heavy atom. The number of benzene rings is 2. The number of anilines is 1. The number of fused-ring (bicyclic) bond motifs is 1. The summed E-state index contributed by atoms with van der Waals surface area (Å²) in [6, 6.07) is 14.3. The summed E-state index contributed by atoms with van der Waals surface area (Å²) in [7, 11) is -3.70. The van der Waals surface area contributed by atoms with Gasteiger partial charge in [0.1, 0.15) is 0 Å². The predicted octanol–water partition coefficient (Wildman–Crippen LogP) is 2.15. The van der Waals surface area contributed by atoms with Gasteiger partial charge in [0.2, 0.25) is 0 Å². The molecule has 0 saturated carbocycles. The van der Waals surface area contributed by atoms with Crippen molar-refractivity contribution in [2.75, 3.05) is 4.72 Å². The molecule has 0 bridgehead atoms. The zero-order chi connectivity index (χ0) is 17.2. The third kappa shape index (κ3) is 3.19. The van der Waals surface area contributed by atoms with Crippen LogP contribution in [-0.4, -0.2) is 24.5 Å². The first-order valence-corrected chi connectivity index (χ1v) is 8.40. The molecule has 0 unspecified atom stereocenters. The molecule has 0 atom stereocenters. The van der Waals surface area contributed by atoms with E-state index in [0.717, 1.165) is 0 Å². The lowest BCUT2D eigenvalue weighted by Gasteiger charge is -2.09. The molecule has 1 aromatic heterocycles. The summed E-state index contributed by atoms with van der Waals surface area (Å²) in [5.41, 5.74) is 2.62. The third-order valence-corrected chi connectivity index (χ3v) is 4.75. The maximum absolute atomic E-state index is 12.3. The lowest BCUT2D eigenvalue weighted by Crippen LogP contribution is -2.18. The number of aromatic nitrogens is 1. The fraction of sp³-hybridized carbons (Fsp3) is 0. The number of carbonyl (C=O) groups is 1. The minimum atomic E-state index is -3.70. The van der Waals surface area contributed by atoms with E-state index in [1.165, 1.54) is 29.9 Å². The van der Waals surface area contributed by atoms with Crippen molar-refractivity contribution in [2.24, 2.45) is 0 Å². The first-order valence-electron chi connectivity index (χ1n) is 6.92. The van der Waals surface area contributed by atoms with Crippen molar-refractivity contribution in [1.82, 2.24) is 10.5 Å². The molecular formula is C16H13N3O4S. The molecular weight excluding hydrogens is 330 g/mol. The first-order chi connectivity index (χ1) is 11.5. The van der Waals surface area contributed by atoms with E-state index in [4.69, 9.17) is 5.21 Å². The summed E-state index contributed by atoms with van der Waals surface area (Å²) in [6.07, 6.45) is 1.32. The second-order valence-electron chi connectivity index (χ2n) is 4.99. The molecule has 7 nitrogen and oxygen atoms in total. The smallest absolute Gasteiger partial charge is 0.276 e. The molecule has 122 valence electrons. The van der Waals surface area contributed by atoms with Crippen LogP contribution in [0.3, 0.4) is 0 Å². The molecule has 3 N–H and O–H groups in total. The molecule has 0 radical (unpaired) electrons. The largest absolute Gasteiger partial charge is 0.288 e. The number of hydrogen-bond acceptors (Lipinski definition) is 5. The Labute approximate surface area is 138 Å². The number of nitrogens with zero attached hydrogens (tertiary/aromatic N) is 1. The number of amides is 1.